The summed E-state index contributed by atoms with van der Waals surface area (Å²) in [4.78, 5) is 41.3. The number of anilines is 1. The highest BCUT2D eigenvalue weighted by Crippen LogP contribution is 2.33. The molecule has 2 aliphatic rings. The van der Waals surface area contributed by atoms with Gasteiger partial charge in [-0.25, -0.2) is 14.6 Å². The number of carboxylic acid groups (broad SMARTS) is 2. The molecule has 17 heteroatoms. The van der Waals surface area contributed by atoms with Crippen molar-refractivity contribution in [1.29, 1.82) is 0 Å². The number of nitrogens with one attached hydrogen (secondary N) is 1. The van der Waals surface area contributed by atoms with Crippen molar-refractivity contribution in [3.05, 3.63) is 40.6 Å². The van der Waals surface area contributed by atoms with Gasteiger partial charge in [-0.3, -0.25) is 14.7 Å². The van der Waals surface area contributed by atoms with Crippen LogP contribution in [0.4, 0.5) is 32.0 Å². The van der Waals surface area contributed by atoms with Crippen LogP contribution in [0.3, 0.4) is 0 Å². The molecule has 0 aliphatic carbocycles. The van der Waals surface area contributed by atoms with E-state index in [1.165, 1.54) is 0 Å². The van der Waals surface area contributed by atoms with E-state index in [1.807, 2.05) is 19.1 Å². The highest BCUT2D eigenvalue weighted by Gasteiger charge is 2.42. The summed E-state index contributed by atoms with van der Waals surface area (Å²) in [6.07, 6.45) is -4.35. The van der Waals surface area contributed by atoms with Gasteiger partial charge in [0.2, 0.25) is 0 Å². The molecule has 1 amide bonds. The first kappa shape index (κ1) is 31.9. The number of aryl methyl sites for hydroxylation is 1. The van der Waals surface area contributed by atoms with Gasteiger partial charge in [0, 0.05) is 29.9 Å². The summed E-state index contributed by atoms with van der Waals surface area (Å²) in [5, 5.41) is 20.4. The maximum Gasteiger partial charge on any atom is 0.490 e. The maximum atomic E-state index is 12.4. The van der Waals surface area contributed by atoms with E-state index in [0.29, 0.717) is 11.7 Å². The summed E-state index contributed by atoms with van der Waals surface area (Å²) in [6, 6.07) is 4.04. The summed E-state index contributed by atoms with van der Waals surface area (Å²) >= 11 is 1.72. The summed E-state index contributed by atoms with van der Waals surface area (Å²) in [7, 11) is 0. The third kappa shape index (κ3) is 10.4. The monoisotopic (exact) mass is 586 g/mol. The SMILES string of the molecule is Cc1csc(CN2CC[C@H]3O[C@H](C(=O)Nc4cccnc4)CC[C@H]32)n1.O=C(O)C(F)(F)F.O=C(O)C(F)(F)F. The van der Waals surface area contributed by atoms with E-state index in [2.05, 4.69) is 25.6 Å². The first-order valence-corrected chi connectivity index (χ1v) is 12.1. The van der Waals surface area contributed by atoms with E-state index in [1.54, 1.807) is 23.7 Å². The van der Waals surface area contributed by atoms with Crippen LogP contribution in [-0.4, -0.2) is 80.1 Å². The Morgan fingerprint density at radius 2 is 1.72 bits per heavy atom. The molecule has 10 nitrogen and oxygen atoms in total. The molecule has 0 unspecified atom stereocenters. The standard InChI is InChI=1S/C18H22N4O2S.2C2HF3O2/c1-12-11-25-17(20-12)10-22-8-6-15-14(22)4-5-16(24-15)18(23)21-13-3-2-7-19-9-13;2*3-2(4,5)1(6)7/h2-3,7,9,11,14-16H,4-6,8,10H2,1H3,(H,21,23);2*(H,6,7)/t14-,15-,16+;;/m1../s1. The molecular weight excluding hydrogens is 562 g/mol. The number of aliphatic carboxylic acids is 2. The fourth-order valence-corrected chi connectivity index (χ4v) is 4.51. The van der Waals surface area contributed by atoms with Gasteiger partial charge in [-0.15, -0.1) is 11.3 Å². The van der Waals surface area contributed by atoms with Crippen molar-refractivity contribution in [2.45, 2.75) is 63.3 Å². The van der Waals surface area contributed by atoms with Crippen LogP contribution < -0.4 is 5.32 Å². The lowest BCUT2D eigenvalue weighted by Crippen LogP contribution is -2.46. The largest absolute Gasteiger partial charge is 0.490 e. The molecule has 2 aliphatic heterocycles. The number of hydrogen-bond donors (Lipinski definition) is 3. The summed E-state index contributed by atoms with van der Waals surface area (Å²) in [6.45, 7) is 3.92. The normalized spacial score (nSPS) is 20.9. The molecule has 0 aromatic carbocycles. The fourth-order valence-electron chi connectivity index (χ4n) is 3.71. The van der Waals surface area contributed by atoms with E-state index in [0.717, 1.165) is 43.1 Å². The average Bonchev–Trinajstić information content (AvgIpc) is 3.44. The van der Waals surface area contributed by atoms with Gasteiger partial charge in [0.05, 0.1) is 24.5 Å². The number of carboxylic acids is 2. The van der Waals surface area contributed by atoms with Crippen LogP contribution in [-0.2, 0) is 25.7 Å². The number of fused-ring (bicyclic) bond motifs is 1. The van der Waals surface area contributed by atoms with E-state index < -0.39 is 24.3 Å². The average molecular weight is 587 g/mol. The summed E-state index contributed by atoms with van der Waals surface area (Å²) < 4.78 is 69.6. The third-order valence-electron chi connectivity index (χ3n) is 5.37. The number of nitrogens with zero attached hydrogens (tertiary/aromatic N) is 3. The van der Waals surface area contributed by atoms with E-state index in [9.17, 15) is 31.1 Å². The van der Waals surface area contributed by atoms with Crippen molar-refractivity contribution >= 4 is 34.9 Å². The summed E-state index contributed by atoms with van der Waals surface area (Å²) in [5.74, 6) is -5.58. The highest BCUT2D eigenvalue weighted by molar-refractivity contribution is 7.09. The number of amides is 1. The number of carbonyl (C=O) groups is 3. The number of carbonyl (C=O) groups excluding carboxylic acids is 1. The predicted octanol–water partition coefficient (Wildman–Crippen LogP) is 3.87. The Labute approximate surface area is 221 Å². The van der Waals surface area contributed by atoms with E-state index in [4.69, 9.17) is 24.5 Å². The Kier molecular flexibility index (Phi) is 11.2. The van der Waals surface area contributed by atoms with Crippen molar-refractivity contribution in [2.24, 2.45) is 0 Å². The van der Waals surface area contributed by atoms with Gasteiger partial charge >= 0.3 is 24.3 Å². The molecule has 0 spiro atoms. The molecule has 39 heavy (non-hydrogen) atoms. The van der Waals surface area contributed by atoms with E-state index >= 15 is 0 Å². The second kappa shape index (κ2) is 13.7. The van der Waals surface area contributed by atoms with Gasteiger partial charge in [0.1, 0.15) is 11.1 Å². The molecule has 0 radical (unpaired) electrons. The fraction of sp³-hybridized carbons (Fsp3) is 0.500. The maximum absolute atomic E-state index is 12.4. The third-order valence-corrected chi connectivity index (χ3v) is 6.33. The van der Waals surface area contributed by atoms with Crippen LogP contribution in [0.15, 0.2) is 29.9 Å². The van der Waals surface area contributed by atoms with Gasteiger partial charge in [-0.1, -0.05) is 0 Å². The van der Waals surface area contributed by atoms with Crippen molar-refractivity contribution in [1.82, 2.24) is 14.9 Å². The lowest BCUT2D eigenvalue weighted by molar-refractivity contribution is -0.193. The molecule has 3 atom stereocenters. The number of thiazole rings is 1. The first-order chi connectivity index (χ1) is 18.1. The van der Waals surface area contributed by atoms with E-state index in [-0.39, 0.29) is 18.1 Å². The molecule has 4 heterocycles. The Bertz CT molecular complexity index is 1090. The van der Waals surface area contributed by atoms with Gasteiger partial charge in [-0.2, -0.15) is 26.3 Å². The Morgan fingerprint density at radius 1 is 1.10 bits per heavy atom. The zero-order valence-electron chi connectivity index (χ0n) is 20.2. The number of aromatic nitrogens is 2. The van der Waals surface area contributed by atoms with Crippen LogP contribution in [0.5, 0.6) is 0 Å². The Balaban J connectivity index is 0.000000317. The Hall–Kier alpha value is -3.31. The summed E-state index contributed by atoms with van der Waals surface area (Å²) in [5.41, 5.74) is 1.80. The number of hydrogen-bond acceptors (Lipinski definition) is 8. The lowest BCUT2D eigenvalue weighted by atomic mass is 9.98. The van der Waals surface area contributed by atoms with Crippen molar-refractivity contribution in [3.8, 4) is 0 Å². The minimum atomic E-state index is -5.08. The van der Waals surface area contributed by atoms with Crippen LogP contribution in [0, 0.1) is 6.92 Å². The second-order valence-corrected chi connectivity index (χ2v) is 9.23. The van der Waals surface area contributed by atoms with Crippen LogP contribution in [0.25, 0.3) is 0 Å². The number of ether oxygens (including phenoxy) is 1. The molecule has 2 aromatic rings. The van der Waals surface area contributed by atoms with Gasteiger partial charge in [0.25, 0.3) is 5.91 Å². The van der Waals surface area contributed by atoms with Gasteiger partial charge < -0.3 is 20.3 Å². The Morgan fingerprint density at radius 3 is 2.21 bits per heavy atom. The molecule has 2 aromatic heterocycles. The quantitative estimate of drug-likeness (QED) is 0.455. The molecule has 2 saturated heterocycles. The van der Waals surface area contributed by atoms with Gasteiger partial charge in [0.15, 0.2) is 0 Å². The number of pyridine rings is 1. The van der Waals surface area contributed by atoms with Crippen LogP contribution in [0.1, 0.15) is 30.0 Å². The first-order valence-electron chi connectivity index (χ1n) is 11.2. The minimum Gasteiger partial charge on any atom is -0.475 e. The smallest absolute Gasteiger partial charge is 0.475 e. The molecule has 4 rings (SSSR count). The number of likely N-dealkylation sites (tertiary alicyclic amines) is 1. The number of rotatable bonds is 4. The number of alkyl halides is 6. The molecule has 2 fully saturated rings. The van der Waals surface area contributed by atoms with Crippen molar-refractivity contribution in [2.75, 3.05) is 11.9 Å². The second-order valence-electron chi connectivity index (χ2n) is 8.29. The van der Waals surface area contributed by atoms with Crippen LogP contribution >= 0.6 is 11.3 Å². The molecule has 0 bridgehead atoms. The topological polar surface area (TPSA) is 142 Å². The predicted molar refractivity (Wildman–Crippen MR) is 124 cm³/mol. The highest BCUT2D eigenvalue weighted by atomic mass is 32.1. The molecule has 216 valence electrons. The molecule has 3 N–H and O–H groups in total. The molecular formula is C22H24F6N4O6S. The van der Waals surface area contributed by atoms with Crippen molar-refractivity contribution in [3.63, 3.8) is 0 Å². The molecule has 0 saturated carbocycles. The zero-order chi connectivity index (χ0) is 29.4. The van der Waals surface area contributed by atoms with Crippen molar-refractivity contribution < 1.29 is 55.7 Å². The minimum absolute atomic E-state index is 0.0690. The number of halogens is 6. The van der Waals surface area contributed by atoms with Gasteiger partial charge in [-0.05, 0) is 38.3 Å². The lowest BCUT2D eigenvalue weighted by Gasteiger charge is -2.35. The van der Waals surface area contributed by atoms with Crippen LogP contribution in [0.2, 0.25) is 0 Å². The zero-order valence-corrected chi connectivity index (χ0v) is 21.0.